The van der Waals surface area contributed by atoms with Gasteiger partial charge in [0.25, 0.3) is 0 Å². The van der Waals surface area contributed by atoms with Crippen LogP contribution in [0.15, 0.2) is 46.0 Å². The van der Waals surface area contributed by atoms with Crippen molar-refractivity contribution in [2.45, 2.75) is 5.16 Å². The summed E-state index contributed by atoms with van der Waals surface area (Å²) in [7, 11) is 0. The maximum absolute atomic E-state index is 5.68. The lowest BCUT2D eigenvalue weighted by Crippen LogP contribution is -2.17. The average molecular weight is 437 g/mol. The third kappa shape index (κ3) is 2.96. The minimum Gasteiger partial charge on any atom is -0.486 e. The molecule has 0 saturated heterocycles. The molecule has 25 heavy (non-hydrogen) atoms. The lowest BCUT2D eigenvalue weighted by molar-refractivity contribution is 0.171. The highest BCUT2D eigenvalue weighted by molar-refractivity contribution is 8.93. The first-order chi connectivity index (χ1) is 11.9. The first kappa shape index (κ1) is 16.6. The van der Waals surface area contributed by atoms with Crippen LogP contribution in [0.1, 0.15) is 5.56 Å². The van der Waals surface area contributed by atoms with Crippen molar-refractivity contribution in [1.29, 1.82) is 0 Å². The zero-order valence-corrected chi connectivity index (χ0v) is 16.3. The van der Waals surface area contributed by atoms with E-state index in [2.05, 4.69) is 10.2 Å². The summed E-state index contributed by atoms with van der Waals surface area (Å²) >= 11 is 3.27. The van der Waals surface area contributed by atoms with Gasteiger partial charge in [-0.2, -0.15) is 9.78 Å². The summed E-state index contributed by atoms with van der Waals surface area (Å²) in [6.07, 6.45) is 0. The van der Waals surface area contributed by atoms with Gasteiger partial charge in [0, 0.05) is 11.3 Å². The van der Waals surface area contributed by atoms with Crippen LogP contribution in [-0.2, 0) is 0 Å². The van der Waals surface area contributed by atoms with E-state index in [1.165, 1.54) is 0 Å². The third-order valence-electron chi connectivity index (χ3n) is 3.79. The van der Waals surface area contributed by atoms with Gasteiger partial charge in [-0.05, 0) is 29.6 Å². The molecule has 1 aromatic carbocycles. The third-order valence-corrected chi connectivity index (χ3v) is 5.58. The lowest BCUT2D eigenvalue weighted by atomic mass is 10.1. The van der Waals surface area contributed by atoms with Crippen molar-refractivity contribution >= 4 is 45.8 Å². The molecule has 0 fully saturated rings. The van der Waals surface area contributed by atoms with Crippen LogP contribution < -0.4 is 9.47 Å². The summed E-state index contributed by atoms with van der Waals surface area (Å²) < 4.78 is 13.1. The second-order valence-corrected chi connectivity index (χ2v) is 7.18. The molecular weight excluding hydrogens is 424 g/mol. The fourth-order valence-electron chi connectivity index (χ4n) is 2.65. The molecule has 0 aliphatic carbocycles. The van der Waals surface area contributed by atoms with E-state index in [1.54, 1.807) is 23.1 Å². The maximum atomic E-state index is 5.68. The molecule has 2 aliphatic heterocycles. The topological polar surface area (TPSA) is 61.5 Å². The summed E-state index contributed by atoms with van der Waals surface area (Å²) in [5, 5.41) is 16.2. The van der Waals surface area contributed by atoms with Crippen LogP contribution in [0.2, 0.25) is 0 Å². The summed E-state index contributed by atoms with van der Waals surface area (Å²) in [6, 6.07) is 9.99. The first-order valence-corrected chi connectivity index (χ1v) is 9.35. The second kappa shape index (κ2) is 6.81. The number of rotatable bonds is 2. The Balaban J connectivity index is 0.00000157. The van der Waals surface area contributed by atoms with Crippen molar-refractivity contribution in [2.24, 2.45) is 5.10 Å². The molecule has 128 valence electrons. The van der Waals surface area contributed by atoms with Gasteiger partial charge in [-0.25, -0.2) is 0 Å². The van der Waals surface area contributed by atoms with E-state index in [-0.39, 0.29) is 17.0 Å². The Labute approximate surface area is 162 Å². The number of ether oxygens (including phenoxy) is 2. The zero-order chi connectivity index (χ0) is 15.9. The molecule has 5 rings (SSSR count). The Morgan fingerprint density at radius 1 is 1.04 bits per heavy atom. The predicted octanol–water partition coefficient (Wildman–Crippen LogP) is 3.71. The molecule has 2 aliphatic rings. The summed E-state index contributed by atoms with van der Waals surface area (Å²) in [6.45, 7) is 1.17. The number of fused-ring (bicyclic) bond motifs is 2. The molecule has 0 saturated carbocycles. The Morgan fingerprint density at radius 2 is 1.92 bits per heavy atom. The number of nitrogens with zero attached hydrogens (tertiary/aromatic N) is 4. The van der Waals surface area contributed by atoms with Crippen molar-refractivity contribution in [1.82, 2.24) is 14.9 Å². The molecule has 0 spiro atoms. The average Bonchev–Trinajstić information content (AvgIpc) is 3.30. The van der Waals surface area contributed by atoms with Gasteiger partial charge < -0.3 is 9.47 Å². The van der Waals surface area contributed by atoms with Gasteiger partial charge in [-0.15, -0.1) is 38.5 Å². The Bertz CT molecular complexity index is 940. The first-order valence-electron chi connectivity index (χ1n) is 7.48. The van der Waals surface area contributed by atoms with E-state index >= 15 is 0 Å². The number of thiophene rings is 1. The Hall–Kier alpha value is -1.84. The smallest absolute Gasteiger partial charge is 0.212 e. The van der Waals surface area contributed by atoms with E-state index in [0.717, 1.165) is 44.4 Å². The summed E-state index contributed by atoms with van der Waals surface area (Å²) in [5.41, 5.74) is 2.00. The van der Waals surface area contributed by atoms with Crippen molar-refractivity contribution in [3.05, 3.63) is 41.3 Å². The molecule has 9 heteroatoms. The van der Waals surface area contributed by atoms with Crippen molar-refractivity contribution in [3.8, 4) is 22.2 Å². The number of hydrogen-bond donors (Lipinski definition) is 0. The van der Waals surface area contributed by atoms with Crippen molar-refractivity contribution < 1.29 is 9.47 Å². The zero-order valence-electron chi connectivity index (χ0n) is 12.9. The van der Waals surface area contributed by atoms with Gasteiger partial charge in [-0.3, -0.25) is 0 Å². The predicted molar refractivity (Wildman–Crippen MR) is 104 cm³/mol. The van der Waals surface area contributed by atoms with E-state index in [1.807, 2.05) is 40.4 Å². The SMILES string of the molecule is Br.c1csc(-c2nnc3n2N=C(c2ccc4c(c2)OCCO4)CS3)c1. The molecule has 0 bridgehead atoms. The number of hydrogen-bond acceptors (Lipinski definition) is 7. The number of thioether (sulfide) groups is 1. The van der Waals surface area contributed by atoms with Crippen molar-refractivity contribution in [2.75, 3.05) is 19.0 Å². The van der Waals surface area contributed by atoms with Crippen LogP contribution in [0, 0.1) is 0 Å². The van der Waals surface area contributed by atoms with Crippen LogP contribution in [0.3, 0.4) is 0 Å². The molecule has 6 nitrogen and oxygen atoms in total. The van der Waals surface area contributed by atoms with E-state index < -0.39 is 0 Å². The highest BCUT2D eigenvalue weighted by atomic mass is 79.9. The fourth-order valence-corrected chi connectivity index (χ4v) is 4.18. The van der Waals surface area contributed by atoms with Gasteiger partial charge in [0.2, 0.25) is 5.16 Å². The normalized spacial score (nSPS) is 15.1. The van der Waals surface area contributed by atoms with E-state index in [0.29, 0.717) is 13.2 Å². The van der Waals surface area contributed by atoms with Crippen molar-refractivity contribution in [3.63, 3.8) is 0 Å². The van der Waals surface area contributed by atoms with Crippen LogP contribution in [-0.4, -0.2) is 39.6 Å². The Morgan fingerprint density at radius 3 is 2.76 bits per heavy atom. The van der Waals surface area contributed by atoms with E-state index in [4.69, 9.17) is 14.6 Å². The lowest BCUT2D eigenvalue weighted by Gasteiger charge is -2.20. The van der Waals surface area contributed by atoms with Gasteiger partial charge in [0.05, 0.1) is 10.6 Å². The minimum atomic E-state index is 0. The summed E-state index contributed by atoms with van der Waals surface area (Å²) in [5.74, 6) is 3.10. The molecular formula is C16H13BrN4O2S2. The van der Waals surface area contributed by atoms with Gasteiger partial charge in [0.1, 0.15) is 13.2 Å². The number of halogens is 1. The second-order valence-electron chi connectivity index (χ2n) is 5.29. The molecule has 0 unspecified atom stereocenters. The van der Waals surface area contributed by atoms with Gasteiger partial charge >= 0.3 is 0 Å². The van der Waals surface area contributed by atoms with Gasteiger partial charge in [-0.1, -0.05) is 17.8 Å². The largest absolute Gasteiger partial charge is 0.486 e. The van der Waals surface area contributed by atoms with E-state index in [9.17, 15) is 0 Å². The highest BCUT2D eigenvalue weighted by Gasteiger charge is 2.22. The number of benzene rings is 1. The number of aromatic nitrogens is 3. The molecule has 2 aromatic heterocycles. The summed E-state index contributed by atoms with van der Waals surface area (Å²) in [4.78, 5) is 1.06. The molecule has 0 N–H and O–H groups in total. The molecule has 4 heterocycles. The standard InChI is InChI=1S/C16H12N4O2S2.BrH/c1-2-14(23-7-1)15-17-18-16-20(15)19-11(9-24-16)10-3-4-12-13(8-10)22-6-5-21-12;/h1-4,7-8H,5-6,9H2;1H. The van der Waals surface area contributed by atoms with Gasteiger partial charge in [0.15, 0.2) is 17.3 Å². The molecule has 0 amide bonds. The molecule has 3 aromatic rings. The Kier molecular flexibility index (Phi) is 4.53. The van der Waals surface area contributed by atoms with Crippen LogP contribution in [0.25, 0.3) is 10.7 Å². The quantitative estimate of drug-likeness (QED) is 0.612. The fraction of sp³-hybridized carbons (Fsp3) is 0.188. The highest BCUT2D eigenvalue weighted by Crippen LogP contribution is 2.34. The van der Waals surface area contributed by atoms with Crippen LogP contribution >= 0.6 is 40.1 Å². The monoisotopic (exact) mass is 436 g/mol. The van der Waals surface area contributed by atoms with Crippen LogP contribution in [0.5, 0.6) is 11.5 Å². The molecule has 0 atom stereocenters. The minimum absolute atomic E-state index is 0. The van der Waals surface area contributed by atoms with Crippen LogP contribution in [0.4, 0.5) is 0 Å². The maximum Gasteiger partial charge on any atom is 0.212 e. The molecule has 0 radical (unpaired) electrons.